The van der Waals surface area contributed by atoms with Gasteiger partial charge in [0.1, 0.15) is 36.4 Å². The fourth-order valence-electron chi connectivity index (χ4n) is 5.33. The minimum absolute atomic E-state index is 0.0596. The zero-order valence-electron chi connectivity index (χ0n) is 27.2. The van der Waals surface area contributed by atoms with Gasteiger partial charge in [0.05, 0.1) is 0 Å². The zero-order chi connectivity index (χ0) is 32.7. The molecule has 0 amide bonds. The minimum Gasteiger partial charge on any atom is -0.489 e. The average Bonchev–Trinajstić information content (AvgIpc) is 3.05. The van der Waals surface area contributed by atoms with Crippen molar-refractivity contribution in [2.75, 3.05) is 27.2 Å². The maximum atomic E-state index is 7.51. The third-order valence-corrected chi connectivity index (χ3v) is 7.86. The number of ether oxygens (including phenoxy) is 2. The van der Waals surface area contributed by atoms with Crippen molar-refractivity contribution in [1.82, 2.24) is 9.80 Å². The first kappa shape index (κ1) is 34.2. The highest BCUT2D eigenvalue weighted by Crippen LogP contribution is 2.17. The fourth-order valence-corrected chi connectivity index (χ4v) is 5.33. The molecule has 0 spiro atoms. The second-order valence-corrected chi connectivity index (χ2v) is 12.0. The van der Waals surface area contributed by atoms with Crippen LogP contribution < -0.4 is 20.9 Å². The van der Waals surface area contributed by atoms with E-state index in [2.05, 4.69) is 72.4 Å². The van der Waals surface area contributed by atoms with Crippen molar-refractivity contribution in [1.29, 1.82) is 10.8 Å². The molecule has 0 fully saturated rings. The Hall–Kier alpha value is -4.66. The topological polar surface area (TPSA) is 125 Å². The van der Waals surface area contributed by atoms with Crippen molar-refractivity contribution in [2.24, 2.45) is 11.5 Å². The third kappa shape index (κ3) is 11.7. The molecule has 0 saturated heterocycles. The van der Waals surface area contributed by atoms with Crippen LogP contribution in [0.5, 0.6) is 11.5 Å². The predicted octanol–water partition coefficient (Wildman–Crippen LogP) is 6.54. The van der Waals surface area contributed by atoms with Gasteiger partial charge in [-0.2, -0.15) is 0 Å². The standard InChI is InChI=1S/C38H48N6O2/c1-43(25-29-9-7-11-31(23-29)27-45-35-17-13-33(14-18-35)37(39)40)21-5-3-4-6-22-44(2)26-30-10-8-12-32(24-30)28-46-36-19-15-34(16-20-36)38(41)42/h7-20,23-24H,3-6,21-22,25-28H2,1-2H3,(H3,39,40)(H3,41,42). The summed E-state index contributed by atoms with van der Waals surface area (Å²) in [7, 11) is 4.38. The summed E-state index contributed by atoms with van der Waals surface area (Å²) >= 11 is 0. The normalized spacial score (nSPS) is 11.1. The van der Waals surface area contributed by atoms with Crippen LogP contribution in [0.4, 0.5) is 0 Å². The molecule has 0 heterocycles. The molecule has 0 bridgehead atoms. The van der Waals surface area contributed by atoms with E-state index in [1.54, 1.807) is 24.3 Å². The van der Waals surface area contributed by atoms with E-state index in [4.69, 9.17) is 31.8 Å². The number of nitrogen functional groups attached to an aromatic ring is 2. The van der Waals surface area contributed by atoms with E-state index in [0.29, 0.717) is 24.3 Å². The maximum absolute atomic E-state index is 7.51. The molecule has 4 rings (SSSR count). The van der Waals surface area contributed by atoms with Crippen LogP contribution in [0.2, 0.25) is 0 Å². The summed E-state index contributed by atoms with van der Waals surface area (Å²) in [5.41, 5.74) is 17.3. The molecule has 242 valence electrons. The first-order valence-electron chi connectivity index (χ1n) is 15.9. The molecule has 0 aliphatic rings. The van der Waals surface area contributed by atoms with Gasteiger partial charge in [-0.25, -0.2) is 0 Å². The van der Waals surface area contributed by atoms with Gasteiger partial charge in [-0.05, 0) is 111 Å². The molecule has 8 nitrogen and oxygen atoms in total. The van der Waals surface area contributed by atoms with Crippen LogP contribution in [-0.4, -0.2) is 48.7 Å². The second-order valence-electron chi connectivity index (χ2n) is 12.0. The Labute approximate surface area is 274 Å². The van der Waals surface area contributed by atoms with Gasteiger partial charge in [-0.15, -0.1) is 0 Å². The van der Waals surface area contributed by atoms with Gasteiger partial charge in [0.15, 0.2) is 0 Å². The van der Waals surface area contributed by atoms with Crippen LogP contribution in [0.3, 0.4) is 0 Å². The van der Waals surface area contributed by atoms with E-state index in [1.807, 2.05) is 24.3 Å². The molecule has 0 aliphatic carbocycles. The number of hydrogen-bond acceptors (Lipinski definition) is 6. The Balaban J connectivity index is 1.08. The number of unbranched alkanes of at least 4 members (excludes halogenated alkanes) is 3. The number of nitrogens with one attached hydrogen (secondary N) is 2. The third-order valence-electron chi connectivity index (χ3n) is 7.86. The Morgan fingerprint density at radius 1 is 0.543 bits per heavy atom. The van der Waals surface area contributed by atoms with Crippen molar-refractivity contribution in [3.63, 3.8) is 0 Å². The lowest BCUT2D eigenvalue weighted by Gasteiger charge is -2.18. The molecule has 6 N–H and O–H groups in total. The van der Waals surface area contributed by atoms with Gasteiger partial charge in [0.2, 0.25) is 0 Å². The molecule has 4 aromatic carbocycles. The van der Waals surface area contributed by atoms with E-state index >= 15 is 0 Å². The second kappa shape index (κ2) is 17.7. The number of hydrogen-bond donors (Lipinski definition) is 4. The highest BCUT2D eigenvalue weighted by molar-refractivity contribution is 5.95. The summed E-state index contributed by atoms with van der Waals surface area (Å²) < 4.78 is 11.9. The zero-order valence-corrected chi connectivity index (χ0v) is 27.2. The van der Waals surface area contributed by atoms with E-state index in [9.17, 15) is 0 Å². The SMILES string of the molecule is CN(CCCCCCN(C)Cc1cccc(COc2ccc(C(=N)N)cc2)c1)Cc1cccc(COc2ccc(C(=N)N)cc2)c1. The number of amidine groups is 2. The lowest BCUT2D eigenvalue weighted by Crippen LogP contribution is -2.20. The Morgan fingerprint density at radius 3 is 1.28 bits per heavy atom. The summed E-state index contributed by atoms with van der Waals surface area (Å²) in [6, 6.07) is 31.8. The number of nitrogens with zero attached hydrogens (tertiary/aromatic N) is 2. The molecule has 0 unspecified atom stereocenters. The Morgan fingerprint density at radius 2 is 0.913 bits per heavy atom. The molecule has 8 heteroatoms. The molecule has 0 radical (unpaired) electrons. The van der Waals surface area contributed by atoms with Crippen LogP contribution in [0, 0.1) is 10.8 Å². The maximum Gasteiger partial charge on any atom is 0.122 e. The highest BCUT2D eigenvalue weighted by Gasteiger charge is 2.06. The van der Waals surface area contributed by atoms with Crippen LogP contribution in [0.25, 0.3) is 0 Å². The smallest absolute Gasteiger partial charge is 0.122 e. The fraction of sp³-hybridized carbons (Fsp3) is 0.316. The summed E-state index contributed by atoms with van der Waals surface area (Å²) in [5, 5.41) is 15.0. The van der Waals surface area contributed by atoms with Crippen molar-refractivity contribution < 1.29 is 9.47 Å². The average molecular weight is 621 g/mol. The number of rotatable bonds is 19. The van der Waals surface area contributed by atoms with Crippen molar-refractivity contribution in [3.8, 4) is 11.5 Å². The molecule has 4 aromatic rings. The van der Waals surface area contributed by atoms with Crippen molar-refractivity contribution in [2.45, 2.75) is 52.0 Å². The van der Waals surface area contributed by atoms with Gasteiger partial charge < -0.3 is 30.7 Å². The number of benzene rings is 4. The van der Waals surface area contributed by atoms with E-state index in [0.717, 1.165) is 48.8 Å². The predicted molar refractivity (Wildman–Crippen MR) is 188 cm³/mol. The van der Waals surface area contributed by atoms with E-state index in [-0.39, 0.29) is 11.7 Å². The monoisotopic (exact) mass is 620 g/mol. The van der Waals surface area contributed by atoms with Gasteiger partial charge in [-0.1, -0.05) is 61.4 Å². The lowest BCUT2D eigenvalue weighted by atomic mass is 10.1. The summed E-state index contributed by atoms with van der Waals surface area (Å²) in [5.74, 6) is 1.66. The minimum atomic E-state index is 0.0596. The molecule has 0 aliphatic heterocycles. The molecular formula is C38H48N6O2. The van der Waals surface area contributed by atoms with Gasteiger partial charge in [0, 0.05) is 24.2 Å². The quantitative estimate of drug-likeness (QED) is 0.0536. The highest BCUT2D eigenvalue weighted by atomic mass is 16.5. The van der Waals surface area contributed by atoms with Crippen molar-refractivity contribution in [3.05, 3.63) is 130 Å². The Kier molecular flexibility index (Phi) is 13.2. The number of nitrogens with two attached hydrogens (primary N) is 2. The lowest BCUT2D eigenvalue weighted by molar-refractivity contribution is 0.298. The summed E-state index contributed by atoms with van der Waals surface area (Å²) in [6.45, 7) is 5.00. The van der Waals surface area contributed by atoms with Crippen LogP contribution in [-0.2, 0) is 26.3 Å². The van der Waals surface area contributed by atoms with Crippen molar-refractivity contribution >= 4 is 11.7 Å². The summed E-state index contributed by atoms with van der Waals surface area (Å²) in [4.78, 5) is 4.79. The van der Waals surface area contributed by atoms with E-state index in [1.165, 1.54) is 36.8 Å². The molecule has 0 aromatic heterocycles. The first-order valence-corrected chi connectivity index (χ1v) is 15.9. The van der Waals surface area contributed by atoms with Gasteiger partial charge in [0.25, 0.3) is 0 Å². The van der Waals surface area contributed by atoms with Crippen LogP contribution in [0.15, 0.2) is 97.1 Å². The van der Waals surface area contributed by atoms with Gasteiger partial charge in [-0.3, -0.25) is 10.8 Å². The summed E-state index contributed by atoms with van der Waals surface area (Å²) in [6.07, 6.45) is 4.85. The van der Waals surface area contributed by atoms with E-state index < -0.39 is 0 Å². The largest absolute Gasteiger partial charge is 0.489 e. The Bertz CT molecular complexity index is 1420. The van der Waals surface area contributed by atoms with Crippen LogP contribution in [0.1, 0.15) is 59.1 Å². The van der Waals surface area contributed by atoms with Crippen LogP contribution >= 0.6 is 0 Å². The molecule has 0 atom stereocenters. The molecular weight excluding hydrogens is 572 g/mol. The van der Waals surface area contributed by atoms with Gasteiger partial charge >= 0.3 is 0 Å². The molecule has 46 heavy (non-hydrogen) atoms. The molecule has 0 saturated carbocycles. The first-order chi connectivity index (χ1) is 22.2.